The van der Waals surface area contributed by atoms with Gasteiger partial charge in [0.25, 0.3) is 0 Å². The lowest BCUT2D eigenvalue weighted by molar-refractivity contribution is -0.122. The minimum absolute atomic E-state index is 0.260. The molecule has 0 aromatic rings. The number of hydrogen-bond acceptors (Lipinski definition) is 3. The zero-order valence-corrected chi connectivity index (χ0v) is 10.1. The van der Waals surface area contributed by atoms with Crippen LogP contribution in [0.3, 0.4) is 0 Å². The molecule has 0 fully saturated rings. The molecule has 0 saturated heterocycles. The summed E-state index contributed by atoms with van der Waals surface area (Å²) in [6, 6.07) is -0.723. The summed E-state index contributed by atoms with van der Waals surface area (Å²) < 4.78 is 10.8. The van der Waals surface area contributed by atoms with Crippen molar-refractivity contribution in [3.63, 3.8) is 0 Å². The van der Waals surface area contributed by atoms with Crippen LogP contribution in [0.5, 0.6) is 0 Å². The predicted molar refractivity (Wildman–Crippen MR) is 57.1 cm³/mol. The summed E-state index contributed by atoms with van der Waals surface area (Å²) in [5.41, 5.74) is 5.54. The molecule has 0 heterocycles. The highest BCUT2D eigenvalue weighted by Crippen LogP contribution is 2.39. The van der Waals surface area contributed by atoms with E-state index in [1.165, 1.54) is 6.92 Å². The Hall–Kier alpha value is -0.420. The Bertz CT molecular complexity index is 263. The molecule has 0 bridgehead atoms. The van der Waals surface area contributed by atoms with Crippen molar-refractivity contribution in [1.29, 1.82) is 0 Å². The molecule has 1 amide bonds. The van der Waals surface area contributed by atoms with Gasteiger partial charge in [0, 0.05) is 0 Å². The average molecular weight is 238 g/mol. The first-order chi connectivity index (χ1) is 6.64. The van der Waals surface area contributed by atoms with E-state index in [0.717, 1.165) is 0 Å². The molecule has 0 rings (SSSR count). The Kier molecular flexibility index (Phi) is 5.45. The van der Waals surface area contributed by atoms with Crippen LogP contribution in [0.1, 0.15) is 27.2 Å². The molecule has 5 N–H and O–H groups in total. The molecular weight excluding hydrogens is 219 g/mol. The van der Waals surface area contributed by atoms with E-state index in [4.69, 9.17) is 15.5 Å². The van der Waals surface area contributed by atoms with Gasteiger partial charge in [-0.15, -0.1) is 0 Å². The molecule has 0 spiro atoms. The summed E-state index contributed by atoms with van der Waals surface area (Å²) in [4.78, 5) is 28.9. The summed E-state index contributed by atoms with van der Waals surface area (Å²) in [6.07, 6.45) is 0.486. The first-order valence-electron chi connectivity index (χ1n) is 4.75. The largest absolute Gasteiger partial charge is 0.347 e. The van der Waals surface area contributed by atoms with Crippen molar-refractivity contribution >= 4 is 13.5 Å². The molecule has 0 aromatic carbocycles. The van der Waals surface area contributed by atoms with Crippen LogP contribution >= 0.6 is 7.60 Å². The summed E-state index contributed by atoms with van der Waals surface area (Å²) in [7, 11) is -4.27. The Labute approximate surface area is 89.4 Å². The minimum atomic E-state index is -4.27. The molecule has 0 aromatic heterocycles. The SMILES string of the molecule is CC(C)C[C@H](N)C(=O)N[C@@H](C)P(=O)(O)O. The zero-order valence-electron chi connectivity index (χ0n) is 9.17. The molecule has 7 heteroatoms. The normalized spacial score (nSPS) is 16.2. The maximum atomic E-state index is 11.4. The predicted octanol–water partition coefficient (Wildman–Crippen LogP) is -0.000300. The first kappa shape index (κ1) is 14.6. The van der Waals surface area contributed by atoms with Crippen LogP contribution in [-0.2, 0) is 9.36 Å². The second kappa shape index (κ2) is 5.61. The fraction of sp³-hybridized carbons (Fsp3) is 0.875. The molecule has 0 aliphatic heterocycles. The van der Waals surface area contributed by atoms with Gasteiger partial charge < -0.3 is 20.8 Å². The van der Waals surface area contributed by atoms with Gasteiger partial charge in [0.05, 0.1) is 6.04 Å². The molecule has 2 atom stereocenters. The number of rotatable bonds is 5. The summed E-state index contributed by atoms with van der Waals surface area (Å²) >= 11 is 0. The molecule has 90 valence electrons. The van der Waals surface area contributed by atoms with Gasteiger partial charge in [-0.2, -0.15) is 0 Å². The summed E-state index contributed by atoms with van der Waals surface area (Å²) in [5, 5.41) is 2.20. The highest BCUT2D eigenvalue weighted by atomic mass is 31.2. The first-order valence-corrected chi connectivity index (χ1v) is 6.44. The number of carbonyl (C=O) groups excluding carboxylic acids is 1. The monoisotopic (exact) mass is 238 g/mol. The average Bonchev–Trinajstić information content (AvgIpc) is 2.00. The third kappa shape index (κ3) is 5.89. The molecule has 0 aliphatic carbocycles. The van der Waals surface area contributed by atoms with Gasteiger partial charge in [-0.25, -0.2) is 0 Å². The number of hydrogen-bond donors (Lipinski definition) is 4. The van der Waals surface area contributed by atoms with E-state index in [1.54, 1.807) is 0 Å². The van der Waals surface area contributed by atoms with E-state index in [0.29, 0.717) is 6.42 Å². The van der Waals surface area contributed by atoms with Gasteiger partial charge in [-0.3, -0.25) is 9.36 Å². The van der Waals surface area contributed by atoms with Crippen LogP contribution in [0.25, 0.3) is 0 Å². The standard InChI is InChI=1S/C8H19N2O4P/c1-5(2)4-7(9)8(11)10-6(3)15(12,13)14/h5-7H,4,9H2,1-3H3,(H,10,11)(H2,12,13,14)/t6-,7+/m1/s1. The van der Waals surface area contributed by atoms with Crippen LogP contribution in [0.15, 0.2) is 0 Å². The highest BCUT2D eigenvalue weighted by Gasteiger charge is 2.27. The van der Waals surface area contributed by atoms with Crippen molar-refractivity contribution in [3.8, 4) is 0 Å². The van der Waals surface area contributed by atoms with E-state index in [1.807, 2.05) is 13.8 Å². The van der Waals surface area contributed by atoms with Gasteiger partial charge in [0.15, 0.2) is 0 Å². The smallest absolute Gasteiger partial charge is 0.341 e. The molecular formula is C8H19N2O4P. The lowest BCUT2D eigenvalue weighted by Gasteiger charge is -2.19. The van der Waals surface area contributed by atoms with E-state index >= 15 is 0 Å². The van der Waals surface area contributed by atoms with Crippen molar-refractivity contribution in [1.82, 2.24) is 5.32 Å². The third-order valence-corrected chi connectivity index (χ3v) is 3.06. The number of nitrogens with one attached hydrogen (secondary N) is 1. The topological polar surface area (TPSA) is 113 Å². The highest BCUT2D eigenvalue weighted by molar-refractivity contribution is 7.52. The fourth-order valence-corrected chi connectivity index (χ4v) is 1.31. The number of carbonyl (C=O) groups is 1. The van der Waals surface area contributed by atoms with E-state index in [9.17, 15) is 9.36 Å². The Morgan fingerprint density at radius 3 is 2.20 bits per heavy atom. The van der Waals surface area contributed by atoms with Crippen molar-refractivity contribution in [2.24, 2.45) is 11.7 Å². The third-order valence-electron chi connectivity index (χ3n) is 1.92. The maximum absolute atomic E-state index is 11.4. The number of amides is 1. The molecule has 0 radical (unpaired) electrons. The molecule has 0 aliphatic rings. The van der Waals surface area contributed by atoms with Gasteiger partial charge >= 0.3 is 7.60 Å². The fourth-order valence-electron chi connectivity index (χ4n) is 1.01. The lowest BCUT2D eigenvalue weighted by Crippen LogP contribution is -2.44. The Morgan fingerprint density at radius 2 is 1.87 bits per heavy atom. The zero-order chi connectivity index (χ0) is 12.2. The Morgan fingerprint density at radius 1 is 1.40 bits per heavy atom. The minimum Gasteiger partial charge on any atom is -0.341 e. The van der Waals surface area contributed by atoms with Crippen molar-refractivity contribution in [2.45, 2.75) is 39.0 Å². The molecule has 6 nitrogen and oxygen atoms in total. The van der Waals surface area contributed by atoms with Gasteiger partial charge in [0.2, 0.25) is 5.91 Å². The van der Waals surface area contributed by atoms with Crippen LogP contribution in [0.4, 0.5) is 0 Å². The molecule has 15 heavy (non-hydrogen) atoms. The van der Waals surface area contributed by atoms with Crippen molar-refractivity contribution in [3.05, 3.63) is 0 Å². The molecule has 0 unspecified atom stereocenters. The number of nitrogens with two attached hydrogens (primary N) is 1. The molecule has 0 saturated carbocycles. The summed E-state index contributed by atoms with van der Waals surface area (Å²) in [6.45, 7) is 5.08. The van der Waals surface area contributed by atoms with Crippen LogP contribution in [0, 0.1) is 5.92 Å². The lowest BCUT2D eigenvalue weighted by atomic mass is 10.0. The van der Waals surface area contributed by atoms with Gasteiger partial charge in [-0.1, -0.05) is 13.8 Å². The van der Waals surface area contributed by atoms with Crippen LogP contribution in [-0.4, -0.2) is 27.5 Å². The quantitative estimate of drug-likeness (QED) is 0.503. The van der Waals surface area contributed by atoms with Crippen molar-refractivity contribution < 1.29 is 19.1 Å². The van der Waals surface area contributed by atoms with Crippen molar-refractivity contribution in [2.75, 3.05) is 0 Å². The maximum Gasteiger partial charge on any atom is 0.347 e. The van der Waals surface area contributed by atoms with Crippen LogP contribution < -0.4 is 11.1 Å². The van der Waals surface area contributed by atoms with E-state index in [2.05, 4.69) is 5.32 Å². The van der Waals surface area contributed by atoms with Crippen LogP contribution in [0.2, 0.25) is 0 Å². The second-order valence-corrected chi connectivity index (χ2v) is 5.96. The summed E-state index contributed by atoms with van der Waals surface area (Å²) in [5.74, 6) is -1.46. The van der Waals surface area contributed by atoms with E-state index < -0.39 is 25.3 Å². The second-order valence-electron chi connectivity index (χ2n) is 4.01. The van der Waals surface area contributed by atoms with E-state index in [-0.39, 0.29) is 5.92 Å². The Balaban J connectivity index is 4.20. The van der Waals surface area contributed by atoms with Gasteiger partial charge in [-0.05, 0) is 19.3 Å². The van der Waals surface area contributed by atoms with Gasteiger partial charge in [0.1, 0.15) is 5.78 Å².